The van der Waals surface area contributed by atoms with E-state index in [0.29, 0.717) is 5.56 Å². The Hall–Kier alpha value is -1.33. The van der Waals surface area contributed by atoms with Gasteiger partial charge in [0.05, 0.1) is 6.04 Å². The lowest BCUT2D eigenvalue weighted by Gasteiger charge is -2.33. The minimum Gasteiger partial charge on any atom is -0.508 e. The van der Waals surface area contributed by atoms with E-state index in [-0.39, 0.29) is 11.5 Å². The second-order valence-corrected chi connectivity index (χ2v) is 4.20. The number of piperazine rings is 1. The van der Waals surface area contributed by atoms with Crippen LogP contribution in [0.5, 0.6) is 11.5 Å². The van der Waals surface area contributed by atoms with Crippen LogP contribution in [0.3, 0.4) is 0 Å². The fourth-order valence-corrected chi connectivity index (χ4v) is 2.18. The molecule has 1 saturated heterocycles. The summed E-state index contributed by atoms with van der Waals surface area (Å²) in [7, 11) is 0. The second-order valence-electron chi connectivity index (χ2n) is 4.20. The predicted octanol–water partition coefficient (Wildman–Crippen LogP) is 1.01. The first-order valence-corrected chi connectivity index (χ1v) is 5.75. The molecule has 0 spiro atoms. The average molecular weight is 240 g/mol. The highest BCUT2D eigenvalue weighted by Gasteiger charge is 2.24. The molecule has 1 atom stereocenters. The van der Waals surface area contributed by atoms with E-state index in [4.69, 9.17) is 0 Å². The van der Waals surface area contributed by atoms with Crippen molar-refractivity contribution in [3.63, 3.8) is 0 Å². The first-order valence-electron chi connectivity index (χ1n) is 5.75. The highest BCUT2D eigenvalue weighted by molar-refractivity contribution is 5.40. The normalized spacial score (nSPS) is 19.1. The van der Waals surface area contributed by atoms with Crippen molar-refractivity contribution in [2.75, 3.05) is 32.9 Å². The van der Waals surface area contributed by atoms with Crippen LogP contribution in [-0.4, -0.2) is 48.0 Å². The van der Waals surface area contributed by atoms with Gasteiger partial charge in [0.25, 0.3) is 0 Å². The van der Waals surface area contributed by atoms with Crippen LogP contribution in [0, 0.1) is 0 Å². The maximum atomic E-state index is 13.2. The topological polar surface area (TPSA) is 55.7 Å². The van der Waals surface area contributed by atoms with Gasteiger partial charge < -0.3 is 15.5 Å². The van der Waals surface area contributed by atoms with Gasteiger partial charge in [-0.1, -0.05) is 0 Å². The van der Waals surface area contributed by atoms with Crippen LogP contribution in [0.15, 0.2) is 18.2 Å². The van der Waals surface area contributed by atoms with E-state index in [0.717, 1.165) is 26.2 Å². The minimum absolute atomic E-state index is 0.0315. The number of phenolic OH excluding ortho intramolecular Hbond substituents is 2. The molecule has 0 saturated carbocycles. The van der Waals surface area contributed by atoms with Crippen LogP contribution in [0.25, 0.3) is 0 Å². The summed E-state index contributed by atoms with van der Waals surface area (Å²) in [5.74, 6) is 0.0790. The number of alkyl halides is 1. The molecule has 94 valence electrons. The standard InChI is InChI=1S/C12H17FN2O2/c13-8-11(15-5-3-14-4-6-15)10-7-9(16)1-2-12(10)17/h1-2,7,11,14,16-17H,3-6,8H2/t11-/m1/s1. The van der Waals surface area contributed by atoms with E-state index in [1.807, 2.05) is 4.90 Å². The largest absolute Gasteiger partial charge is 0.508 e. The molecule has 0 aromatic heterocycles. The number of rotatable bonds is 3. The lowest BCUT2D eigenvalue weighted by molar-refractivity contribution is 0.145. The number of hydrogen-bond acceptors (Lipinski definition) is 4. The van der Waals surface area contributed by atoms with Gasteiger partial charge in [-0.05, 0) is 18.2 Å². The van der Waals surface area contributed by atoms with Gasteiger partial charge in [-0.15, -0.1) is 0 Å². The Morgan fingerprint density at radius 1 is 1.29 bits per heavy atom. The number of benzene rings is 1. The summed E-state index contributed by atoms with van der Waals surface area (Å²) < 4.78 is 13.2. The van der Waals surface area contributed by atoms with Gasteiger partial charge >= 0.3 is 0 Å². The molecule has 17 heavy (non-hydrogen) atoms. The SMILES string of the molecule is Oc1ccc(O)c([C@@H](CF)N2CCNCC2)c1. The number of nitrogens with one attached hydrogen (secondary N) is 1. The lowest BCUT2D eigenvalue weighted by atomic mass is 10.0. The Bertz CT molecular complexity index is 381. The van der Waals surface area contributed by atoms with Crippen LogP contribution in [0.2, 0.25) is 0 Å². The van der Waals surface area contributed by atoms with Gasteiger partial charge in [-0.25, -0.2) is 4.39 Å². The van der Waals surface area contributed by atoms with Crippen LogP contribution in [0.1, 0.15) is 11.6 Å². The van der Waals surface area contributed by atoms with Crippen molar-refractivity contribution in [2.45, 2.75) is 6.04 Å². The van der Waals surface area contributed by atoms with Gasteiger partial charge in [0.15, 0.2) is 0 Å². The quantitative estimate of drug-likeness (QED) is 0.690. The molecule has 1 aliphatic heterocycles. The highest BCUT2D eigenvalue weighted by atomic mass is 19.1. The zero-order chi connectivity index (χ0) is 12.3. The first-order chi connectivity index (χ1) is 8.22. The monoisotopic (exact) mass is 240 g/mol. The fraction of sp³-hybridized carbons (Fsp3) is 0.500. The van der Waals surface area contributed by atoms with Gasteiger partial charge in [0.2, 0.25) is 0 Å². The third kappa shape index (κ3) is 2.68. The maximum absolute atomic E-state index is 13.2. The Balaban J connectivity index is 2.24. The van der Waals surface area contributed by atoms with Crippen LogP contribution in [0.4, 0.5) is 4.39 Å². The molecule has 1 aliphatic rings. The lowest BCUT2D eigenvalue weighted by Crippen LogP contribution is -2.45. The van der Waals surface area contributed by atoms with Gasteiger partial charge in [0.1, 0.15) is 18.2 Å². The minimum atomic E-state index is -0.572. The second kappa shape index (κ2) is 5.33. The first kappa shape index (κ1) is 12.1. The molecule has 1 heterocycles. The number of aromatic hydroxyl groups is 2. The molecule has 0 aliphatic carbocycles. The Morgan fingerprint density at radius 3 is 2.65 bits per heavy atom. The number of halogens is 1. The molecule has 1 aromatic rings. The van der Waals surface area contributed by atoms with Gasteiger partial charge in [0, 0.05) is 31.7 Å². The zero-order valence-corrected chi connectivity index (χ0v) is 9.56. The summed E-state index contributed by atoms with van der Waals surface area (Å²) >= 11 is 0. The van der Waals surface area contributed by atoms with Crippen LogP contribution < -0.4 is 5.32 Å². The van der Waals surface area contributed by atoms with E-state index in [1.165, 1.54) is 18.2 Å². The number of hydrogen-bond donors (Lipinski definition) is 3. The third-order valence-corrected chi connectivity index (χ3v) is 3.11. The number of nitrogens with zero attached hydrogens (tertiary/aromatic N) is 1. The third-order valence-electron chi connectivity index (χ3n) is 3.11. The molecule has 4 nitrogen and oxygen atoms in total. The van der Waals surface area contributed by atoms with E-state index in [1.54, 1.807) is 0 Å². The van der Waals surface area contributed by atoms with Crippen molar-refractivity contribution in [2.24, 2.45) is 0 Å². The summed E-state index contributed by atoms with van der Waals surface area (Å²) in [5.41, 5.74) is 0.453. The molecule has 0 bridgehead atoms. The molecule has 3 N–H and O–H groups in total. The van der Waals surface area contributed by atoms with Crippen molar-refractivity contribution >= 4 is 0 Å². The summed E-state index contributed by atoms with van der Waals surface area (Å²) in [6.07, 6.45) is 0. The number of phenols is 2. The Morgan fingerprint density at radius 2 is 2.00 bits per heavy atom. The summed E-state index contributed by atoms with van der Waals surface area (Å²) in [5, 5.41) is 22.4. The Kier molecular flexibility index (Phi) is 3.81. The molecule has 0 radical (unpaired) electrons. The summed E-state index contributed by atoms with van der Waals surface area (Å²) in [6, 6.07) is 3.74. The van der Waals surface area contributed by atoms with E-state index < -0.39 is 12.7 Å². The Labute approximate surface area is 99.7 Å². The zero-order valence-electron chi connectivity index (χ0n) is 9.56. The van der Waals surface area contributed by atoms with E-state index in [9.17, 15) is 14.6 Å². The van der Waals surface area contributed by atoms with Gasteiger partial charge in [-0.3, -0.25) is 4.90 Å². The molecular weight excluding hydrogens is 223 g/mol. The van der Waals surface area contributed by atoms with Crippen molar-refractivity contribution < 1.29 is 14.6 Å². The molecule has 0 amide bonds. The molecule has 2 rings (SSSR count). The summed E-state index contributed by atoms with van der Waals surface area (Å²) in [4.78, 5) is 1.98. The fourth-order valence-electron chi connectivity index (χ4n) is 2.18. The van der Waals surface area contributed by atoms with E-state index in [2.05, 4.69) is 5.32 Å². The van der Waals surface area contributed by atoms with Crippen molar-refractivity contribution in [1.82, 2.24) is 10.2 Å². The van der Waals surface area contributed by atoms with E-state index >= 15 is 0 Å². The molecule has 1 aromatic carbocycles. The molecule has 1 fully saturated rings. The summed E-state index contributed by atoms with van der Waals surface area (Å²) in [6.45, 7) is 2.54. The predicted molar refractivity (Wildman–Crippen MR) is 62.9 cm³/mol. The van der Waals surface area contributed by atoms with Gasteiger partial charge in [-0.2, -0.15) is 0 Å². The van der Waals surface area contributed by atoms with Crippen molar-refractivity contribution in [1.29, 1.82) is 0 Å². The highest BCUT2D eigenvalue weighted by Crippen LogP contribution is 2.32. The smallest absolute Gasteiger partial charge is 0.120 e. The molecular formula is C12H17FN2O2. The van der Waals surface area contributed by atoms with Crippen molar-refractivity contribution in [3.05, 3.63) is 23.8 Å². The van der Waals surface area contributed by atoms with Crippen LogP contribution >= 0.6 is 0 Å². The maximum Gasteiger partial charge on any atom is 0.120 e. The molecule has 5 heteroatoms. The molecule has 0 unspecified atom stereocenters. The van der Waals surface area contributed by atoms with Crippen LogP contribution in [-0.2, 0) is 0 Å². The average Bonchev–Trinajstić information content (AvgIpc) is 2.36. The van der Waals surface area contributed by atoms with Crippen molar-refractivity contribution in [3.8, 4) is 11.5 Å².